The van der Waals surface area contributed by atoms with E-state index in [1.165, 1.54) is 38.5 Å². The molecule has 1 fully saturated rings. The third-order valence-corrected chi connectivity index (χ3v) is 6.76. The molecule has 0 spiro atoms. The average Bonchev–Trinajstić information content (AvgIpc) is 2.63. The highest BCUT2D eigenvalue weighted by Crippen LogP contribution is 2.41. The van der Waals surface area contributed by atoms with Crippen LogP contribution in [-0.2, 0) is 0 Å². The lowest BCUT2D eigenvalue weighted by Gasteiger charge is -2.31. The minimum Gasteiger partial charge on any atom is -0.491 e. The molecule has 0 atom stereocenters. The number of hydrogen-bond donors (Lipinski definition) is 0. The van der Waals surface area contributed by atoms with Gasteiger partial charge in [-0.2, -0.15) is 0 Å². The van der Waals surface area contributed by atoms with Gasteiger partial charge in [0.15, 0.2) is 0 Å². The van der Waals surface area contributed by atoms with Crippen molar-refractivity contribution < 1.29 is 4.74 Å². The summed E-state index contributed by atoms with van der Waals surface area (Å²) < 4.78 is 9.17. The van der Waals surface area contributed by atoms with E-state index in [2.05, 4.69) is 63.7 Å². The van der Waals surface area contributed by atoms with Gasteiger partial charge in [-0.05, 0) is 56.8 Å². The van der Waals surface area contributed by atoms with E-state index in [0.29, 0.717) is 0 Å². The summed E-state index contributed by atoms with van der Waals surface area (Å²) in [6.07, 6.45) is 7.87. The molecule has 0 saturated heterocycles. The van der Waals surface area contributed by atoms with Gasteiger partial charge in [0.25, 0.3) is 0 Å². The van der Waals surface area contributed by atoms with Crippen LogP contribution in [-0.4, -0.2) is 11.9 Å². The van der Waals surface area contributed by atoms with Crippen molar-refractivity contribution in [3.05, 3.63) is 25.6 Å². The predicted octanol–water partition coefficient (Wildman–Crippen LogP) is 7.09. The van der Waals surface area contributed by atoms with E-state index >= 15 is 0 Å². The van der Waals surface area contributed by atoms with Crippen molar-refractivity contribution in [2.75, 3.05) is 11.9 Å². The first-order valence-corrected chi connectivity index (χ1v) is 10.4. The fourth-order valence-electron chi connectivity index (χ4n) is 2.69. The second-order valence-corrected chi connectivity index (χ2v) is 8.72. The van der Waals surface area contributed by atoms with E-state index in [0.717, 1.165) is 31.1 Å². The molecular formula is C15H18Br4O. The Morgan fingerprint density at radius 1 is 0.950 bits per heavy atom. The van der Waals surface area contributed by atoms with Gasteiger partial charge in [0.05, 0.1) is 15.6 Å². The molecule has 1 aliphatic carbocycles. The summed E-state index contributed by atoms with van der Waals surface area (Å²) >= 11 is 14.4. The lowest BCUT2D eigenvalue weighted by atomic mass is 9.83. The van der Waals surface area contributed by atoms with Crippen LogP contribution >= 0.6 is 63.7 Å². The standard InChI is InChI=1S/C15H18Br4O/c16-9-15(5-3-1-2-4-6-15)10-20-14-12(18)7-11(17)8-13(14)19/h7-8H,1-6,9-10H2. The molecule has 1 saturated carbocycles. The van der Waals surface area contributed by atoms with Crippen molar-refractivity contribution in [1.82, 2.24) is 0 Å². The zero-order valence-corrected chi connectivity index (χ0v) is 17.6. The summed E-state index contributed by atoms with van der Waals surface area (Å²) in [5, 5.41) is 1.02. The summed E-state index contributed by atoms with van der Waals surface area (Å²) in [4.78, 5) is 0. The quantitative estimate of drug-likeness (QED) is 0.297. The molecule has 0 aliphatic heterocycles. The van der Waals surface area contributed by atoms with Gasteiger partial charge in [-0.25, -0.2) is 0 Å². The lowest BCUT2D eigenvalue weighted by molar-refractivity contribution is 0.147. The molecule has 0 radical (unpaired) electrons. The van der Waals surface area contributed by atoms with Crippen LogP contribution in [0.15, 0.2) is 25.6 Å². The first kappa shape index (κ1) is 17.3. The van der Waals surface area contributed by atoms with Crippen molar-refractivity contribution in [1.29, 1.82) is 0 Å². The SMILES string of the molecule is BrCC1(COc2c(Br)cc(Br)cc2Br)CCCCCC1. The molecule has 0 unspecified atom stereocenters. The van der Waals surface area contributed by atoms with Crippen molar-refractivity contribution in [2.24, 2.45) is 5.41 Å². The Morgan fingerprint density at radius 3 is 2.00 bits per heavy atom. The van der Waals surface area contributed by atoms with Crippen molar-refractivity contribution in [3.63, 3.8) is 0 Å². The maximum atomic E-state index is 6.17. The zero-order valence-electron chi connectivity index (χ0n) is 11.2. The van der Waals surface area contributed by atoms with Gasteiger partial charge >= 0.3 is 0 Å². The third kappa shape index (κ3) is 4.47. The Labute approximate surface area is 154 Å². The zero-order chi connectivity index (χ0) is 14.6. The van der Waals surface area contributed by atoms with Crippen LogP contribution in [0.4, 0.5) is 0 Å². The van der Waals surface area contributed by atoms with Gasteiger partial charge in [0, 0.05) is 15.2 Å². The Balaban J connectivity index is 2.10. The van der Waals surface area contributed by atoms with Gasteiger partial charge in [-0.15, -0.1) is 0 Å². The molecule has 112 valence electrons. The highest BCUT2D eigenvalue weighted by Gasteiger charge is 2.31. The van der Waals surface area contributed by atoms with E-state index < -0.39 is 0 Å². The largest absolute Gasteiger partial charge is 0.491 e. The van der Waals surface area contributed by atoms with Crippen molar-refractivity contribution >= 4 is 63.7 Å². The highest BCUT2D eigenvalue weighted by molar-refractivity contribution is 9.11. The highest BCUT2D eigenvalue weighted by atomic mass is 79.9. The fourth-order valence-corrected chi connectivity index (χ4v) is 5.90. The number of rotatable bonds is 4. The molecule has 1 aromatic rings. The maximum Gasteiger partial charge on any atom is 0.147 e. The number of benzene rings is 1. The summed E-state index contributed by atoms with van der Waals surface area (Å²) in [6.45, 7) is 0.775. The van der Waals surface area contributed by atoms with Crippen LogP contribution in [0.3, 0.4) is 0 Å². The Kier molecular flexibility index (Phi) is 6.90. The maximum absolute atomic E-state index is 6.17. The molecule has 20 heavy (non-hydrogen) atoms. The smallest absolute Gasteiger partial charge is 0.147 e. The summed E-state index contributed by atoms with van der Waals surface area (Å²) in [5.41, 5.74) is 0.280. The third-order valence-electron chi connectivity index (χ3n) is 3.93. The Morgan fingerprint density at radius 2 is 1.50 bits per heavy atom. The van der Waals surface area contributed by atoms with Crippen LogP contribution in [0.1, 0.15) is 38.5 Å². The van der Waals surface area contributed by atoms with Gasteiger partial charge in [0.1, 0.15) is 5.75 Å². The first-order valence-electron chi connectivity index (χ1n) is 6.90. The number of alkyl halides is 1. The minimum absolute atomic E-state index is 0.280. The Hall–Kier alpha value is 0.940. The second kappa shape index (κ2) is 7.98. The normalized spacial score (nSPS) is 18.6. The summed E-state index contributed by atoms with van der Waals surface area (Å²) in [6, 6.07) is 4.04. The summed E-state index contributed by atoms with van der Waals surface area (Å²) in [7, 11) is 0. The molecule has 1 nitrogen and oxygen atoms in total. The van der Waals surface area contributed by atoms with E-state index in [-0.39, 0.29) is 5.41 Å². The number of ether oxygens (including phenoxy) is 1. The van der Waals surface area contributed by atoms with Crippen LogP contribution in [0.25, 0.3) is 0 Å². The van der Waals surface area contributed by atoms with Crippen molar-refractivity contribution in [2.45, 2.75) is 38.5 Å². The molecular weight excluding hydrogens is 516 g/mol. The molecule has 0 N–H and O–H groups in total. The molecule has 1 aliphatic rings. The molecule has 2 rings (SSSR count). The summed E-state index contributed by atoms with van der Waals surface area (Å²) in [5.74, 6) is 0.901. The van der Waals surface area contributed by atoms with E-state index in [1.807, 2.05) is 12.1 Å². The molecule has 0 aromatic heterocycles. The van der Waals surface area contributed by atoms with Gasteiger partial charge in [-0.1, -0.05) is 57.5 Å². The molecule has 0 bridgehead atoms. The van der Waals surface area contributed by atoms with E-state index in [4.69, 9.17) is 4.74 Å². The molecule has 1 aromatic carbocycles. The second-order valence-electron chi connectivity index (χ2n) is 5.54. The van der Waals surface area contributed by atoms with Gasteiger partial charge in [0.2, 0.25) is 0 Å². The van der Waals surface area contributed by atoms with Gasteiger partial charge < -0.3 is 4.74 Å². The number of halogens is 4. The monoisotopic (exact) mass is 530 g/mol. The first-order chi connectivity index (χ1) is 9.56. The van der Waals surface area contributed by atoms with Crippen molar-refractivity contribution in [3.8, 4) is 5.75 Å². The molecule has 0 heterocycles. The van der Waals surface area contributed by atoms with E-state index in [1.54, 1.807) is 0 Å². The van der Waals surface area contributed by atoms with E-state index in [9.17, 15) is 0 Å². The number of hydrogen-bond acceptors (Lipinski definition) is 1. The van der Waals surface area contributed by atoms with Gasteiger partial charge in [-0.3, -0.25) is 0 Å². The van der Waals surface area contributed by atoms with Crippen LogP contribution < -0.4 is 4.74 Å². The lowest BCUT2D eigenvalue weighted by Crippen LogP contribution is -2.30. The van der Waals surface area contributed by atoms with Crippen LogP contribution in [0.5, 0.6) is 5.75 Å². The molecule has 5 heteroatoms. The Bertz CT molecular complexity index is 430. The fraction of sp³-hybridized carbons (Fsp3) is 0.600. The topological polar surface area (TPSA) is 9.23 Å². The average molecular weight is 534 g/mol. The minimum atomic E-state index is 0.280. The van der Waals surface area contributed by atoms with Crippen LogP contribution in [0.2, 0.25) is 0 Å². The predicted molar refractivity (Wildman–Crippen MR) is 99.0 cm³/mol. The molecule has 0 amide bonds. The van der Waals surface area contributed by atoms with Crippen LogP contribution in [0, 0.1) is 5.41 Å².